The van der Waals surface area contributed by atoms with E-state index >= 15 is 0 Å². The fraction of sp³-hybridized carbons (Fsp3) is 0.360. The molecule has 3 aliphatic heterocycles. The molecule has 0 unspecified atom stereocenters. The van der Waals surface area contributed by atoms with E-state index in [4.69, 9.17) is 9.47 Å². The average Bonchev–Trinajstić information content (AvgIpc) is 3.31. The lowest BCUT2D eigenvalue weighted by molar-refractivity contribution is -0.114. The van der Waals surface area contributed by atoms with Gasteiger partial charge in [0.2, 0.25) is 6.79 Å². The Bertz CT molecular complexity index is 1080. The van der Waals surface area contributed by atoms with Gasteiger partial charge in [-0.2, -0.15) is 5.26 Å². The molecule has 0 spiro atoms. The van der Waals surface area contributed by atoms with E-state index in [-0.39, 0.29) is 18.3 Å². The van der Waals surface area contributed by atoms with Crippen molar-refractivity contribution in [2.24, 2.45) is 0 Å². The van der Waals surface area contributed by atoms with Gasteiger partial charge in [0.15, 0.2) is 11.5 Å². The third-order valence-electron chi connectivity index (χ3n) is 6.27. The molecule has 3 aliphatic rings. The highest BCUT2D eigenvalue weighted by molar-refractivity contribution is 6.08. The van der Waals surface area contributed by atoms with Crippen molar-refractivity contribution in [3.8, 4) is 17.6 Å². The standard InChI is InChI=1S/C25H26N4O3/c26-15-21(25(30)29-9-3-5-20-4-1-2-6-22(20)29)17-28-12-10-27(11-13-28)16-19-7-8-23-24(14-19)32-18-31-23/h1-2,4,6-8,14,17H,3,5,9-13,16,18H2/b21-17-. The highest BCUT2D eigenvalue weighted by atomic mass is 16.7. The molecule has 7 nitrogen and oxygen atoms in total. The first kappa shape index (κ1) is 20.4. The summed E-state index contributed by atoms with van der Waals surface area (Å²) >= 11 is 0. The van der Waals surface area contributed by atoms with Crippen molar-refractivity contribution < 1.29 is 14.3 Å². The quantitative estimate of drug-likeness (QED) is 0.549. The molecule has 5 rings (SSSR count). The first-order valence-electron chi connectivity index (χ1n) is 11.1. The summed E-state index contributed by atoms with van der Waals surface area (Å²) in [5.74, 6) is 1.40. The minimum absolute atomic E-state index is 0.200. The van der Waals surface area contributed by atoms with Gasteiger partial charge in [-0.1, -0.05) is 24.3 Å². The number of nitrogens with zero attached hydrogens (tertiary/aromatic N) is 4. The van der Waals surface area contributed by atoms with Gasteiger partial charge in [-0.25, -0.2) is 0 Å². The summed E-state index contributed by atoms with van der Waals surface area (Å²) < 4.78 is 10.9. The maximum absolute atomic E-state index is 13.1. The van der Waals surface area contributed by atoms with Crippen molar-refractivity contribution in [2.45, 2.75) is 19.4 Å². The molecule has 0 aromatic heterocycles. The largest absolute Gasteiger partial charge is 0.454 e. The number of piperazine rings is 1. The van der Waals surface area contributed by atoms with Crippen LogP contribution in [0.4, 0.5) is 5.69 Å². The van der Waals surface area contributed by atoms with Crippen molar-refractivity contribution in [1.82, 2.24) is 9.80 Å². The van der Waals surface area contributed by atoms with Gasteiger partial charge in [0.1, 0.15) is 11.6 Å². The van der Waals surface area contributed by atoms with E-state index in [1.54, 1.807) is 11.1 Å². The minimum atomic E-state index is -0.206. The van der Waals surface area contributed by atoms with E-state index < -0.39 is 0 Å². The molecule has 1 amide bonds. The normalized spacial score (nSPS) is 18.3. The zero-order valence-corrected chi connectivity index (χ0v) is 18.0. The maximum atomic E-state index is 13.1. The van der Waals surface area contributed by atoms with Crippen LogP contribution in [0.15, 0.2) is 54.2 Å². The number of rotatable bonds is 4. The second-order valence-electron chi connectivity index (χ2n) is 8.34. The second-order valence-corrected chi connectivity index (χ2v) is 8.34. The highest BCUT2D eigenvalue weighted by Crippen LogP contribution is 2.33. The van der Waals surface area contributed by atoms with E-state index in [0.717, 1.165) is 62.8 Å². The van der Waals surface area contributed by atoms with Crippen molar-refractivity contribution in [3.05, 3.63) is 65.4 Å². The minimum Gasteiger partial charge on any atom is -0.454 e. The zero-order chi connectivity index (χ0) is 21.9. The van der Waals surface area contributed by atoms with E-state index in [1.807, 2.05) is 30.3 Å². The average molecular weight is 431 g/mol. The molecule has 0 atom stereocenters. The number of ether oxygens (including phenoxy) is 2. The summed E-state index contributed by atoms with van der Waals surface area (Å²) in [6.45, 7) is 5.06. The second kappa shape index (κ2) is 8.93. The molecule has 2 aromatic carbocycles. The maximum Gasteiger partial charge on any atom is 0.270 e. The van der Waals surface area contributed by atoms with Crippen LogP contribution in [0, 0.1) is 11.3 Å². The van der Waals surface area contributed by atoms with Gasteiger partial charge in [-0.05, 0) is 42.2 Å². The van der Waals surface area contributed by atoms with Gasteiger partial charge in [-0.15, -0.1) is 0 Å². The summed E-state index contributed by atoms with van der Waals surface area (Å²) in [5, 5.41) is 9.70. The van der Waals surface area contributed by atoms with Crippen LogP contribution in [0.5, 0.6) is 11.5 Å². The highest BCUT2D eigenvalue weighted by Gasteiger charge is 2.26. The van der Waals surface area contributed by atoms with Crippen molar-refractivity contribution >= 4 is 11.6 Å². The molecule has 2 aromatic rings. The summed E-state index contributed by atoms with van der Waals surface area (Å²) in [6.07, 6.45) is 3.63. The Morgan fingerprint density at radius 3 is 2.69 bits per heavy atom. The smallest absolute Gasteiger partial charge is 0.270 e. The number of hydrogen-bond acceptors (Lipinski definition) is 6. The fourth-order valence-corrected chi connectivity index (χ4v) is 4.55. The summed E-state index contributed by atoms with van der Waals surface area (Å²) in [6, 6.07) is 16.2. The molecule has 0 saturated carbocycles. The molecular weight excluding hydrogens is 404 g/mol. The molecule has 3 heterocycles. The Kier molecular flexibility index (Phi) is 5.70. The number of anilines is 1. The van der Waals surface area contributed by atoms with Gasteiger partial charge in [0.05, 0.1) is 0 Å². The fourth-order valence-electron chi connectivity index (χ4n) is 4.55. The van der Waals surface area contributed by atoms with Gasteiger partial charge in [0, 0.05) is 51.2 Å². The zero-order valence-electron chi connectivity index (χ0n) is 18.0. The number of aryl methyl sites for hydroxylation is 1. The van der Waals surface area contributed by atoms with Crippen LogP contribution in [-0.2, 0) is 17.8 Å². The molecule has 0 bridgehead atoms. The van der Waals surface area contributed by atoms with E-state index in [0.29, 0.717) is 6.54 Å². The van der Waals surface area contributed by atoms with Crippen molar-refractivity contribution in [3.63, 3.8) is 0 Å². The summed E-state index contributed by atoms with van der Waals surface area (Å²) in [4.78, 5) is 19.4. The van der Waals surface area contributed by atoms with Crippen molar-refractivity contribution in [2.75, 3.05) is 44.4 Å². The Labute approximate surface area is 188 Å². The lowest BCUT2D eigenvalue weighted by atomic mass is 10.0. The number of fused-ring (bicyclic) bond motifs is 2. The molecule has 0 aliphatic carbocycles. The molecule has 0 radical (unpaired) electrons. The van der Waals surface area contributed by atoms with E-state index in [9.17, 15) is 10.1 Å². The Morgan fingerprint density at radius 1 is 1.03 bits per heavy atom. The lowest BCUT2D eigenvalue weighted by Gasteiger charge is -2.34. The van der Waals surface area contributed by atoms with Crippen LogP contribution >= 0.6 is 0 Å². The first-order chi connectivity index (χ1) is 15.7. The molecule has 32 heavy (non-hydrogen) atoms. The molecule has 7 heteroatoms. The number of hydrogen-bond donors (Lipinski definition) is 0. The summed E-state index contributed by atoms with van der Waals surface area (Å²) in [5.41, 5.74) is 3.49. The lowest BCUT2D eigenvalue weighted by Crippen LogP contribution is -2.44. The molecule has 1 fully saturated rings. The van der Waals surface area contributed by atoms with E-state index in [2.05, 4.69) is 28.0 Å². The monoisotopic (exact) mass is 430 g/mol. The van der Waals surface area contributed by atoms with Gasteiger partial charge >= 0.3 is 0 Å². The topological polar surface area (TPSA) is 69.0 Å². The number of nitriles is 1. The predicted octanol–water partition coefficient (Wildman–Crippen LogP) is 2.92. The number of carbonyl (C=O) groups is 1. The molecule has 1 saturated heterocycles. The number of carbonyl (C=O) groups excluding carboxylic acids is 1. The van der Waals surface area contributed by atoms with Crippen molar-refractivity contribution in [1.29, 1.82) is 5.26 Å². The number of amides is 1. The third-order valence-corrected chi connectivity index (χ3v) is 6.27. The van der Waals surface area contributed by atoms with E-state index in [1.165, 1.54) is 11.1 Å². The van der Waals surface area contributed by atoms with Crippen LogP contribution in [0.2, 0.25) is 0 Å². The molecular formula is C25H26N4O3. The van der Waals surface area contributed by atoms with Crippen LogP contribution in [0.3, 0.4) is 0 Å². The summed E-state index contributed by atoms with van der Waals surface area (Å²) in [7, 11) is 0. The van der Waals surface area contributed by atoms with Crippen LogP contribution in [0.1, 0.15) is 17.5 Å². The third kappa shape index (κ3) is 4.14. The Hall–Kier alpha value is -3.50. The first-order valence-corrected chi connectivity index (χ1v) is 11.1. The van der Waals surface area contributed by atoms with Gasteiger partial charge < -0.3 is 19.3 Å². The SMILES string of the molecule is N#C/C(=C/N1CCN(Cc2ccc3c(c2)OCO3)CC1)C(=O)N1CCCc2ccccc21. The molecule has 164 valence electrons. The number of para-hydroxylation sites is 1. The molecule has 0 N–H and O–H groups in total. The predicted molar refractivity (Wildman–Crippen MR) is 120 cm³/mol. The van der Waals surface area contributed by atoms with Crippen LogP contribution in [0.25, 0.3) is 0 Å². The van der Waals surface area contributed by atoms with Gasteiger partial charge in [0.25, 0.3) is 5.91 Å². The number of benzene rings is 2. The van der Waals surface area contributed by atoms with Crippen LogP contribution in [-0.4, -0.2) is 55.2 Å². The Morgan fingerprint density at radius 2 is 1.84 bits per heavy atom. The Balaban J connectivity index is 1.21. The van der Waals surface area contributed by atoms with Gasteiger partial charge in [-0.3, -0.25) is 9.69 Å². The van der Waals surface area contributed by atoms with Crippen LogP contribution < -0.4 is 14.4 Å².